The Hall–Kier alpha value is -2.44. The number of nitrogens with zero attached hydrogens (tertiary/aromatic N) is 4. The molecule has 0 aliphatic carbocycles. The van der Waals surface area contributed by atoms with Gasteiger partial charge < -0.3 is 9.47 Å². The summed E-state index contributed by atoms with van der Waals surface area (Å²) in [6.45, 7) is 3.38. The van der Waals surface area contributed by atoms with Gasteiger partial charge in [-0.1, -0.05) is 6.07 Å². The van der Waals surface area contributed by atoms with Gasteiger partial charge in [-0.3, -0.25) is 14.7 Å². The summed E-state index contributed by atoms with van der Waals surface area (Å²) < 4.78 is 2.18. The third-order valence-corrected chi connectivity index (χ3v) is 6.13. The molecule has 0 bridgehead atoms. The zero-order chi connectivity index (χ0) is 17.5. The Bertz CT molecular complexity index is 905. The minimum absolute atomic E-state index is 0.110. The first kappa shape index (κ1) is 15.8. The van der Waals surface area contributed by atoms with Gasteiger partial charge in [-0.15, -0.1) is 0 Å². The highest BCUT2D eigenvalue weighted by Gasteiger charge is 2.44. The molecule has 0 saturated carbocycles. The number of rotatable bonds is 4. The van der Waals surface area contributed by atoms with E-state index in [2.05, 4.69) is 37.5 Å². The van der Waals surface area contributed by atoms with E-state index in [0.717, 1.165) is 31.0 Å². The molecule has 2 aliphatic rings. The molecule has 132 valence electrons. The summed E-state index contributed by atoms with van der Waals surface area (Å²) in [5, 5.41) is 4.33. The molecule has 1 saturated heterocycles. The highest BCUT2D eigenvalue weighted by atomic mass is 32.1. The molecule has 3 aromatic rings. The number of hydrogen-bond acceptors (Lipinski definition) is 4. The number of carbonyl (C=O) groups excluding carboxylic acids is 1. The van der Waals surface area contributed by atoms with Crippen LogP contribution in [0.5, 0.6) is 0 Å². The van der Waals surface area contributed by atoms with E-state index < -0.39 is 0 Å². The third kappa shape index (κ3) is 2.66. The van der Waals surface area contributed by atoms with Crippen molar-refractivity contribution in [3.63, 3.8) is 0 Å². The highest BCUT2D eigenvalue weighted by Crippen LogP contribution is 2.35. The lowest BCUT2D eigenvalue weighted by molar-refractivity contribution is 0.0553. The standard InChI is InChI=1S/C20H20N4OS/c25-20-17-5-3-8-23(17)18-12-22(10-15-6-9-26-14-15)13-19(18)24(20)11-16-4-1-2-7-21-16/h1-9,14,18-19H,10-13H2/t18-,19+/m1/s1. The summed E-state index contributed by atoms with van der Waals surface area (Å²) in [7, 11) is 0. The van der Waals surface area contributed by atoms with Crippen molar-refractivity contribution in [3.8, 4) is 0 Å². The number of likely N-dealkylation sites (tertiary alicyclic amines) is 1. The van der Waals surface area contributed by atoms with Crippen molar-refractivity contribution in [2.24, 2.45) is 0 Å². The topological polar surface area (TPSA) is 41.4 Å². The normalized spacial score (nSPS) is 22.5. The van der Waals surface area contributed by atoms with Crippen LogP contribution in [0.15, 0.2) is 59.6 Å². The van der Waals surface area contributed by atoms with Crippen molar-refractivity contribution in [2.45, 2.75) is 25.2 Å². The number of pyridine rings is 1. The molecular weight excluding hydrogens is 344 g/mol. The SMILES string of the molecule is O=C1c2cccn2[C@@H]2CN(Cc3ccsc3)C[C@@H]2N1Cc1ccccn1. The van der Waals surface area contributed by atoms with E-state index in [0.29, 0.717) is 12.6 Å². The van der Waals surface area contributed by atoms with Gasteiger partial charge in [0.1, 0.15) is 5.69 Å². The zero-order valence-electron chi connectivity index (χ0n) is 14.4. The molecule has 2 atom stereocenters. The molecule has 1 amide bonds. The summed E-state index contributed by atoms with van der Waals surface area (Å²) in [4.78, 5) is 22.0. The van der Waals surface area contributed by atoms with E-state index >= 15 is 0 Å². The van der Waals surface area contributed by atoms with Crippen LogP contribution in [0.1, 0.15) is 27.8 Å². The molecule has 5 rings (SSSR count). The van der Waals surface area contributed by atoms with Crippen molar-refractivity contribution in [1.82, 2.24) is 19.4 Å². The largest absolute Gasteiger partial charge is 0.337 e. The predicted molar refractivity (Wildman–Crippen MR) is 101 cm³/mol. The van der Waals surface area contributed by atoms with E-state index in [-0.39, 0.29) is 11.9 Å². The number of aromatic nitrogens is 2. The number of carbonyl (C=O) groups is 1. The first-order chi connectivity index (χ1) is 12.8. The van der Waals surface area contributed by atoms with Crippen LogP contribution >= 0.6 is 11.3 Å². The summed E-state index contributed by atoms with van der Waals surface area (Å²) >= 11 is 1.74. The van der Waals surface area contributed by atoms with Gasteiger partial charge in [0.05, 0.1) is 24.3 Å². The Morgan fingerprint density at radius 1 is 1.08 bits per heavy atom. The lowest BCUT2D eigenvalue weighted by atomic mass is 10.1. The lowest BCUT2D eigenvalue weighted by Crippen LogP contribution is -2.49. The van der Waals surface area contributed by atoms with Crippen molar-refractivity contribution >= 4 is 17.2 Å². The molecular formula is C20H20N4OS. The molecule has 0 N–H and O–H groups in total. The quantitative estimate of drug-likeness (QED) is 0.715. The van der Waals surface area contributed by atoms with Crippen LogP contribution in [0, 0.1) is 0 Å². The summed E-state index contributed by atoms with van der Waals surface area (Å²) in [6, 6.07) is 12.5. The van der Waals surface area contributed by atoms with Gasteiger partial charge in [-0.05, 0) is 46.7 Å². The van der Waals surface area contributed by atoms with E-state index in [1.165, 1.54) is 5.56 Å². The summed E-state index contributed by atoms with van der Waals surface area (Å²) in [6.07, 6.45) is 3.85. The van der Waals surface area contributed by atoms with Crippen LogP contribution < -0.4 is 0 Å². The van der Waals surface area contributed by atoms with Crippen molar-refractivity contribution in [1.29, 1.82) is 0 Å². The molecule has 0 spiro atoms. The Balaban J connectivity index is 1.45. The van der Waals surface area contributed by atoms with E-state index in [9.17, 15) is 4.79 Å². The molecule has 0 aromatic carbocycles. The number of fused-ring (bicyclic) bond motifs is 3. The Labute approximate surface area is 156 Å². The van der Waals surface area contributed by atoms with Crippen molar-refractivity contribution < 1.29 is 4.79 Å². The van der Waals surface area contributed by atoms with Gasteiger partial charge in [-0.2, -0.15) is 11.3 Å². The summed E-state index contributed by atoms with van der Waals surface area (Å²) in [5.41, 5.74) is 3.08. The van der Waals surface area contributed by atoms with Crippen LogP contribution in [0.4, 0.5) is 0 Å². The van der Waals surface area contributed by atoms with Gasteiger partial charge >= 0.3 is 0 Å². The van der Waals surface area contributed by atoms with Gasteiger partial charge in [-0.25, -0.2) is 0 Å². The lowest BCUT2D eigenvalue weighted by Gasteiger charge is -2.38. The second kappa shape index (κ2) is 6.37. The van der Waals surface area contributed by atoms with Crippen LogP contribution in [0.3, 0.4) is 0 Å². The fourth-order valence-corrected chi connectivity index (χ4v) is 4.87. The number of hydrogen-bond donors (Lipinski definition) is 0. The average molecular weight is 364 g/mol. The second-order valence-corrected chi connectivity index (χ2v) is 7.80. The smallest absolute Gasteiger partial charge is 0.271 e. The Morgan fingerprint density at radius 2 is 2.00 bits per heavy atom. The van der Waals surface area contributed by atoms with E-state index in [4.69, 9.17) is 0 Å². The van der Waals surface area contributed by atoms with Gasteiger partial charge in [0, 0.05) is 32.0 Å². The average Bonchev–Trinajstić information content (AvgIpc) is 3.40. The van der Waals surface area contributed by atoms with Crippen LogP contribution in [-0.4, -0.2) is 44.4 Å². The fraction of sp³-hybridized carbons (Fsp3) is 0.300. The second-order valence-electron chi connectivity index (χ2n) is 7.02. The van der Waals surface area contributed by atoms with Crippen LogP contribution in [0.2, 0.25) is 0 Å². The molecule has 5 heterocycles. The third-order valence-electron chi connectivity index (χ3n) is 5.40. The Kier molecular flexibility index (Phi) is 3.87. The molecule has 6 heteroatoms. The highest BCUT2D eigenvalue weighted by molar-refractivity contribution is 7.07. The first-order valence-electron chi connectivity index (χ1n) is 8.91. The van der Waals surface area contributed by atoms with E-state index in [1.807, 2.05) is 35.2 Å². The maximum absolute atomic E-state index is 13.1. The minimum atomic E-state index is 0.110. The minimum Gasteiger partial charge on any atom is -0.337 e. The van der Waals surface area contributed by atoms with Crippen LogP contribution in [0.25, 0.3) is 0 Å². The first-order valence-corrected chi connectivity index (χ1v) is 9.85. The van der Waals surface area contributed by atoms with E-state index in [1.54, 1.807) is 17.5 Å². The van der Waals surface area contributed by atoms with Crippen molar-refractivity contribution in [3.05, 3.63) is 76.5 Å². The molecule has 5 nitrogen and oxygen atoms in total. The van der Waals surface area contributed by atoms with Gasteiger partial charge in [0.2, 0.25) is 0 Å². The molecule has 3 aromatic heterocycles. The maximum atomic E-state index is 13.1. The molecule has 0 radical (unpaired) electrons. The number of thiophene rings is 1. The zero-order valence-corrected chi connectivity index (χ0v) is 15.2. The van der Waals surface area contributed by atoms with Crippen molar-refractivity contribution in [2.75, 3.05) is 13.1 Å². The van der Waals surface area contributed by atoms with Crippen LogP contribution in [-0.2, 0) is 13.1 Å². The Morgan fingerprint density at radius 3 is 2.81 bits per heavy atom. The van der Waals surface area contributed by atoms with Gasteiger partial charge in [0.15, 0.2) is 0 Å². The fourth-order valence-electron chi connectivity index (χ4n) is 4.21. The van der Waals surface area contributed by atoms with Gasteiger partial charge in [0.25, 0.3) is 5.91 Å². The molecule has 2 aliphatic heterocycles. The number of amides is 1. The summed E-state index contributed by atoms with van der Waals surface area (Å²) in [5.74, 6) is 0.110. The predicted octanol–water partition coefficient (Wildman–Crippen LogP) is 3.03. The molecule has 1 fully saturated rings. The molecule has 0 unspecified atom stereocenters. The monoisotopic (exact) mass is 364 g/mol. The maximum Gasteiger partial charge on any atom is 0.271 e. The molecule has 26 heavy (non-hydrogen) atoms.